The van der Waals surface area contributed by atoms with E-state index in [4.69, 9.17) is 10.5 Å². The summed E-state index contributed by atoms with van der Waals surface area (Å²) in [5, 5.41) is 4.07. The lowest BCUT2D eigenvalue weighted by Gasteiger charge is -2.19. The van der Waals surface area contributed by atoms with E-state index in [0.717, 1.165) is 11.3 Å². The quantitative estimate of drug-likeness (QED) is 0.910. The van der Waals surface area contributed by atoms with Crippen molar-refractivity contribution in [1.29, 1.82) is 0 Å². The van der Waals surface area contributed by atoms with Gasteiger partial charge in [0, 0.05) is 25.1 Å². The Hall–Kier alpha value is -1.95. The number of hydrogen-bond donors (Lipinski definition) is 1. The molecule has 2 aromatic heterocycles. The lowest BCUT2D eigenvalue weighted by atomic mass is 9.91. The van der Waals surface area contributed by atoms with Gasteiger partial charge in [-0.1, -0.05) is 20.8 Å². The van der Waals surface area contributed by atoms with Gasteiger partial charge in [0.2, 0.25) is 5.88 Å². The number of nitrogens with two attached hydrogens (primary N) is 1. The Labute approximate surface area is 112 Å². The van der Waals surface area contributed by atoms with E-state index in [1.54, 1.807) is 18.1 Å². The van der Waals surface area contributed by atoms with E-state index in [-0.39, 0.29) is 11.4 Å². The van der Waals surface area contributed by atoms with Gasteiger partial charge in [-0.2, -0.15) is 4.98 Å². The normalized spacial score (nSPS) is 11.6. The fraction of sp³-hybridized carbons (Fsp3) is 0.462. The van der Waals surface area contributed by atoms with Gasteiger partial charge >= 0.3 is 6.01 Å². The molecule has 0 saturated heterocycles. The molecule has 0 fully saturated rings. The van der Waals surface area contributed by atoms with Crippen LogP contribution in [0.2, 0.25) is 0 Å². The third-order valence-corrected chi connectivity index (χ3v) is 2.64. The first-order chi connectivity index (χ1) is 8.88. The van der Waals surface area contributed by atoms with Crippen LogP contribution in [0.15, 0.2) is 18.5 Å². The molecule has 0 radical (unpaired) electrons. The van der Waals surface area contributed by atoms with Crippen molar-refractivity contribution < 1.29 is 4.74 Å². The Balaban J connectivity index is 2.34. The van der Waals surface area contributed by atoms with Crippen LogP contribution >= 0.6 is 0 Å². The minimum Gasteiger partial charge on any atom is -0.404 e. The second kappa shape index (κ2) is 4.97. The lowest BCUT2D eigenvalue weighted by Crippen LogP contribution is -2.15. The van der Waals surface area contributed by atoms with E-state index in [1.165, 1.54) is 0 Å². The summed E-state index contributed by atoms with van der Waals surface area (Å²) in [4.78, 5) is 8.51. The number of ether oxygens (including phenoxy) is 1. The third kappa shape index (κ3) is 3.29. The predicted octanol–water partition coefficient (Wildman–Crippen LogP) is 1.76. The van der Waals surface area contributed by atoms with Crippen LogP contribution in [-0.2, 0) is 19.0 Å². The van der Waals surface area contributed by atoms with Crippen LogP contribution in [0.3, 0.4) is 0 Å². The number of aromatic nitrogens is 4. The van der Waals surface area contributed by atoms with E-state index in [9.17, 15) is 0 Å². The molecule has 6 heteroatoms. The zero-order chi connectivity index (χ0) is 14.0. The number of rotatable bonds is 3. The average molecular weight is 261 g/mol. The summed E-state index contributed by atoms with van der Waals surface area (Å²) in [5.41, 5.74) is 7.55. The van der Waals surface area contributed by atoms with Gasteiger partial charge in [-0.3, -0.25) is 4.68 Å². The van der Waals surface area contributed by atoms with Crippen molar-refractivity contribution in [3.8, 4) is 11.9 Å². The third-order valence-electron chi connectivity index (χ3n) is 2.64. The molecule has 2 rings (SSSR count). The molecule has 2 aromatic rings. The van der Waals surface area contributed by atoms with Crippen molar-refractivity contribution in [2.75, 3.05) is 0 Å². The second-order valence-electron chi connectivity index (χ2n) is 5.46. The van der Waals surface area contributed by atoms with Crippen molar-refractivity contribution in [2.24, 2.45) is 12.8 Å². The fourth-order valence-electron chi connectivity index (χ4n) is 1.57. The molecule has 0 atom stereocenters. The molecule has 0 saturated carbocycles. The molecule has 2 N–H and O–H groups in total. The van der Waals surface area contributed by atoms with E-state index in [0.29, 0.717) is 12.4 Å². The monoisotopic (exact) mass is 261 g/mol. The van der Waals surface area contributed by atoms with Crippen molar-refractivity contribution in [3.63, 3.8) is 0 Å². The highest BCUT2D eigenvalue weighted by Crippen LogP contribution is 2.25. The minimum atomic E-state index is -0.0686. The molecule has 6 nitrogen and oxygen atoms in total. The van der Waals surface area contributed by atoms with E-state index < -0.39 is 0 Å². The Morgan fingerprint density at radius 3 is 2.58 bits per heavy atom. The van der Waals surface area contributed by atoms with Crippen molar-refractivity contribution >= 4 is 0 Å². The van der Waals surface area contributed by atoms with Gasteiger partial charge in [0.15, 0.2) is 0 Å². The summed E-state index contributed by atoms with van der Waals surface area (Å²) in [5.74, 6) is 0.471. The molecule has 19 heavy (non-hydrogen) atoms. The van der Waals surface area contributed by atoms with Crippen molar-refractivity contribution in [3.05, 3.63) is 29.7 Å². The van der Waals surface area contributed by atoms with Gasteiger partial charge in [0.25, 0.3) is 0 Å². The molecule has 0 aromatic carbocycles. The number of aryl methyl sites for hydroxylation is 1. The molecule has 0 aliphatic heterocycles. The molecule has 0 unspecified atom stereocenters. The van der Waals surface area contributed by atoms with Gasteiger partial charge in [0.05, 0.1) is 5.69 Å². The summed E-state index contributed by atoms with van der Waals surface area (Å²) in [7, 11) is 1.78. The Morgan fingerprint density at radius 2 is 2.05 bits per heavy atom. The zero-order valence-electron chi connectivity index (χ0n) is 11.7. The smallest absolute Gasteiger partial charge is 0.342 e. The van der Waals surface area contributed by atoms with Crippen LogP contribution in [0.25, 0.3) is 0 Å². The van der Waals surface area contributed by atoms with Crippen LogP contribution in [0.5, 0.6) is 11.9 Å². The predicted molar refractivity (Wildman–Crippen MR) is 71.9 cm³/mol. The van der Waals surface area contributed by atoms with Crippen LogP contribution in [0.4, 0.5) is 0 Å². The minimum absolute atomic E-state index is 0.0686. The zero-order valence-corrected chi connectivity index (χ0v) is 11.7. The van der Waals surface area contributed by atoms with Gasteiger partial charge in [-0.25, -0.2) is 4.98 Å². The Bertz CT molecular complexity index is 571. The topological polar surface area (TPSA) is 78.9 Å². The highest BCUT2D eigenvalue weighted by molar-refractivity contribution is 5.29. The van der Waals surface area contributed by atoms with Gasteiger partial charge in [0.1, 0.15) is 6.33 Å². The first kappa shape index (κ1) is 13.5. The van der Waals surface area contributed by atoms with E-state index in [2.05, 4.69) is 35.8 Å². The number of nitrogens with zero attached hydrogens (tertiary/aromatic N) is 4. The highest BCUT2D eigenvalue weighted by atomic mass is 16.5. The SMILES string of the molecule is Cn1cnc(Oc2cc(CN)cc(C(C)(C)C)n2)n1. The van der Waals surface area contributed by atoms with E-state index >= 15 is 0 Å². The summed E-state index contributed by atoms with van der Waals surface area (Å²) in [6, 6.07) is 4.09. The van der Waals surface area contributed by atoms with Crippen LogP contribution in [0.1, 0.15) is 32.0 Å². The van der Waals surface area contributed by atoms with E-state index in [1.807, 2.05) is 12.1 Å². The molecule has 0 spiro atoms. The molecule has 2 heterocycles. The summed E-state index contributed by atoms with van der Waals surface area (Å²) >= 11 is 0. The second-order valence-corrected chi connectivity index (χ2v) is 5.46. The summed E-state index contributed by atoms with van der Waals surface area (Å²) in [6.45, 7) is 6.73. The number of pyridine rings is 1. The maximum absolute atomic E-state index is 5.71. The molecule has 0 amide bonds. The molecule has 0 aliphatic rings. The molecule has 0 bridgehead atoms. The Morgan fingerprint density at radius 1 is 1.32 bits per heavy atom. The van der Waals surface area contributed by atoms with Crippen LogP contribution in [-0.4, -0.2) is 19.7 Å². The molecular formula is C13H19N5O. The summed E-state index contributed by atoms with van der Waals surface area (Å²) < 4.78 is 7.14. The average Bonchev–Trinajstić information content (AvgIpc) is 2.73. The molecule has 102 valence electrons. The largest absolute Gasteiger partial charge is 0.404 e. The maximum Gasteiger partial charge on any atom is 0.342 e. The first-order valence-corrected chi connectivity index (χ1v) is 6.13. The van der Waals surface area contributed by atoms with Crippen molar-refractivity contribution in [2.45, 2.75) is 32.7 Å². The molecular weight excluding hydrogens is 242 g/mol. The van der Waals surface area contributed by atoms with Gasteiger partial charge < -0.3 is 10.5 Å². The van der Waals surface area contributed by atoms with Gasteiger partial charge in [-0.05, 0) is 11.6 Å². The fourth-order valence-corrected chi connectivity index (χ4v) is 1.57. The first-order valence-electron chi connectivity index (χ1n) is 6.13. The lowest BCUT2D eigenvalue weighted by molar-refractivity contribution is 0.415. The van der Waals surface area contributed by atoms with Crippen LogP contribution < -0.4 is 10.5 Å². The number of hydrogen-bond acceptors (Lipinski definition) is 5. The highest BCUT2D eigenvalue weighted by Gasteiger charge is 2.18. The van der Waals surface area contributed by atoms with Gasteiger partial charge in [-0.15, -0.1) is 5.10 Å². The Kier molecular flexibility index (Phi) is 3.53. The maximum atomic E-state index is 5.71. The molecule has 0 aliphatic carbocycles. The summed E-state index contributed by atoms with van der Waals surface area (Å²) in [6.07, 6.45) is 1.58. The van der Waals surface area contributed by atoms with Crippen LogP contribution in [0, 0.1) is 0 Å². The standard InChI is InChI=1S/C13H19N5O/c1-13(2,3)10-5-9(7-14)6-11(16-10)19-12-15-8-18(4)17-12/h5-6,8H,7,14H2,1-4H3. The van der Waals surface area contributed by atoms with Crippen molar-refractivity contribution in [1.82, 2.24) is 19.7 Å².